The molecule has 1 heterocycles. The van der Waals surface area contributed by atoms with Crippen molar-refractivity contribution < 1.29 is 0 Å². The maximum Gasteiger partial charge on any atom is 0.0503 e. The van der Waals surface area contributed by atoms with E-state index in [-0.39, 0.29) is 0 Å². The fourth-order valence-corrected chi connectivity index (χ4v) is 3.38. The molecule has 0 aromatic heterocycles. The molecule has 0 radical (unpaired) electrons. The zero-order valence-electron chi connectivity index (χ0n) is 9.34. The van der Waals surface area contributed by atoms with E-state index in [1.54, 1.807) is 0 Å². The van der Waals surface area contributed by atoms with Gasteiger partial charge in [-0.1, -0.05) is 11.6 Å². The molecule has 1 saturated heterocycles. The van der Waals surface area contributed by atoms with Crippen LogP contribution in [0, 0.1) is 3.57 Å². The predicted octanol–water partition coefficient (Wildman–Crippen LogP) is 3.13. The minimum absolute atomic E-state index is 0.611. The van der Waals surface area contributed by atoms with Crippen LogP contribution in [-0.2, 0) is 0 Å². The summed E-state index contributed by atoms with van der Waals surface area (Å²) in [4.78, 5) is 2.45. The summed E-state index contributed by atoms with van der Waals surface area (Å²) in [5, 5.41) is 4.18. The molecule has 0 saturated carbocycles. The molecular weight excluding hydrogens is 335 g/mol. The number of hydrogen-bond donors (Lipinski definition) is 1. The second-order valence-corrected chi connectivity index (χ2v) is 5.77. The van der Waals surface area contributed by atoms with E-state index in [1.165, 1.54) is 22.1 Å². The molecule has 1 aromatic rings. The highest BCUT2D eigenvalue weighted by Crippen LogP contribution is 2.28. The van der Waals surface area contributed by atoms with Gasteiger partial charge in [0.2, 0.25) is 0 Å². The van der Waals surface area contributed by atoms with Crippen molar-refractivity contribution in [2.24, 2.45) is 0 Å². The lowest BCUT2D eigenvalue weighted by Crippen LogP contribution is -2.44. The van der Waals surface area contributed by atoms with Crippen molar-refractivity contribution in [3.05, 3.63) is 26.8 Å². The van der Waals surface area contributed by atoms with Gasteiger partial charge in [-0.25, -0.2) is 0 Å². The Labute approximate surface area is 115 Å². The van der Waals surface area contributed by atoms with Crippen molar-refractivity contribution in [2.45, 2.75) is 18.9 Å². The van der Waals surface area contributed by atoms with Crippen LogP contribution in [0.3, 0.4) is 0 Å². The van der Waals surface area contributed by atoms with Crippen LogP contribution in [0.15, 0.2) is 18.2 Å². The van der Waals surface area contributed by atoms with E-state index in [0.29, 0.717) is 6.04 Å². The Kier molecular flexibility index (Phi) is 4.33. The number of likely N-dealkylation sites (N-methyl/N-ethyl adjacent to an activating group) is 1. The third-order valence-corrected chi connectivity index (χ3v) is 4.18. The summed E-state index contributed by atoms with van der Waals surface area (Å²) in [5.41, 5.74) is 1.31. The third kappa shape index (κ3) is 2.81. The smallest absolute Gasteiger partial charge is 0.0503 e. The van der Waals surface area contributed by atoms with Crippen LogP contribution in [0.2, 0.25) is 5.02 Å². The number of nitrogens with zero attached hydrogens (tertiary/aromatic N) is 1. The number of piperidine rings is 1. The van der Waals surface area contributed by atoms with Crippen LogP contribution in [0.1, 0.15) is 12.8 Å². The Morgan fingerprint density at radius 3 is 3.00 bits per heavy atom. The van der Waals surface area contributed by atoms with Gasteiger partial charge in [0.15, 0.2) is 0 Å². The van der Waals surface area contributed by atoms with Gasteiger partial charge in [0.25, 0.3) is 0 Å². The first-order chi connectivity index (χ1) is 7.70. The molecule has 0 bridgehead atoms. The van der Waals surface area contributed by atoms with Crippen LogP contribution in [-0.4, -0.2) is 26.2 Å². The van der Waals surface area contributed by atoms with Crippen LogP contribution in [0.5, 0.6) is 0 Å². The maximum absolute atomic E-state index is 5.98. The molecule has 1 aromatic carbocycles. The van der Waals surface area contributed by atoms with Gasteiger partial charge in [0.05, 0.1) is 5.69 Å². The molecule has 1 aliphatic heterocycles. The van der Waals surface area contributed by atoms with Crippen molar-refractivity contribution in [1.29, 1.82) is 0 Å². The minimum atomic E-state index is 0.611. The van der Waals surface area contributed by atoms with Crippen molar-refractivity contribution in [2.75, 3.05) is 25.0 Å². The number of benzene rings is 1. The first-order valence-electron chi connectivity index (χ1n) is 5.58. The third-order valence-electron chi connectivity index (χ3n) is 3.08. The zero-order valence-corrected chi connectivity index (χ0v) is 12.3. The van der Waals surface area contributed by atoms with Gasteiger partial charge >= 0.3 is 0 Å². The van der Waals surface area contributed by atoms with Crippen LogP contribution in [0.25, 0.3) is 0 Å². The zero-order chi connectivity index (χ0) is 11.5. The van der Waals surface area contributed by atoms with Crippen molar-refractivity contribution in [3.63, 3.8) is 0 Å². The number of halogens is 2. The summed E-state index contributed by atoms with van der Waals surface area (Å²) >= 11 is 8.34. The average Bonchev–Trinajstić information content (AvgIpc) is 2.29. The topological polar surface area (TPSA) is 15.3 Å². The molecule has 16 heavy (non-hydrogen) atoms. The Bertz CT molecular complexity index is 370. The van der Waals surface area contributed by atoms with E-state index >= 15 is 0 Å². The highest BCUT2D eigenvalue weighted by atomic mass is 127. The normalized spacial score (nSPS) is 21.2. The molecule has 0 aliphatic carbocycles. The van der Waals surface area contributed by atoms with Gasteiger partial charge < -0.3 is 10.2 Å². The van der Waals surface area contributed by atoms with Crippen LogP contribution >= 0.6 is 34.2 Å². The fraction of sp³-hybridized carbons (Fsp3) is 0.500. The second-order valence-electron chi connectivity index (χ2n) is 4.17. The van der Waals surface area contributed by atoms with E-state index < -0.39 is 0 Å². The summed E-state index contributed by atoms with van der Waals surface area (Å²) < 4.78 is 1.24. The molecule has 88 valence electrons. The van der Waals surface area contributed by atoms with E-state index in [0.717, 1.165) is 18.1 Å². The predicted molar refractivity (Wildman–Crippen MR) is 78.5 cm³/mol. The molecule has 0 spiro atoms. The lowest BCUT2D eigenvalue weighted by atomic mass is 10.1. The number of anilines is 1. The number of rotatable bonds is 2. The van der Waals surface area contributed by atoms with Crippen molar-refractivity contribution in [1.82, 2.24) is 5.32 Å². The Hall–Kier alpha value is -0.000000000000000111. The molecule has 0 amide bonds. The highest BCUT2D eigenvalue weighted by molar-refractivity contribution is 14.1. The van der Waals surface area contributed by atoms with Crippen LogP contribution < -0.4 is 10.2 Å². The Balaban J connectivity index is 2.16. The Morgan fingerprint density at radius 2 is 2.31 bits per heavy atom. The summed E-state index contributed by atoms with van der Waals surface area (Å²) in [6.07, 6.45) is 2.53. The standard InChI is InChI=1S/C12H16ClIN2/c1-15-10-3-2-6-16(8-10)12-5-4-9(13)7-11(12)14/h4-5,7,10,15H,2-3,6,8H2,1H3. The lowest BCUT2D eigenvalue weighted by molar-refractivity contribution is 0.449. The maximum atomic E-state index is 5.98. The summed E-state index contributed by atoms with van der Waals surface area (Å²) in [6, 6.07) is 6.74. The van der Waals surface area contributed by atoms with E-state index in [1.807, 2.05) is 19.2 Å². The van der Waals surface area contributed by atoms with E-state index in [2.05, 4.69) is 38.9 Å². The largest absolute Gasteiger partial charge is 0.369 e. The first kappa shape index (κ1) is 12.5. The minimum Gasteiger partial charge on any atom is -0.369 e. The van der Waals surface area contributed by atoms with E-state index in [4.69, 9.17) is 11.6 Å². The average molecular weight is 351 g/mol. The quantitative estimate of drug-likeness (QED) is 0.825. The second kappa shape index (κ2) is 5.56. The highest BCUT2D eigenvalue weighted by Gasteiger charge is 2.19. The van der Waals surface area contributed by atoms with Gasteiger partial charge in [-0.2, -0.15) is 0 Å². The molecular formula is C12H16ClIN2. The van der Waals surface area contributed by atoms with Gasteiger partial charge in [-0.3, -0.25) is 0 Å². The molecule has 1 unspecified atom stereocenters. The fourth-order valence-electron chi connectivity index (χ4n) is 2.17. The lowest BCUT2D eigenvalue weighted by Gasteiger charge is -2.34. The molecule has 2 nitrogen and oxygen atoms in total. The summed E-state index contributed by atoms with van der Waals surface area (Å²) in [7, 11) is 2.04. The first-order valence-corrected chi connectivity index (χ1v) is 7.03. The summed E-state index contributed by atoms with van der Waals surface area (Å²) in [6.45, 7) is 2.24. The molecule has 2 rings (SSSR count). The SMILES string of the molecule is CNC1CCCN(c2ccc(Cl)cc2I)C1. The van der Waals surface area contributed by atoms with Gasteiger partial charge in [-0.05, 0) is 60.7 Å². The molecule has 1 N–H and O–H groups in total. The number of nitrogens with one attached hydrogen (secondary N) is 1. The molecule has 1 atom stereocenters. The van der Waals surface area contributed by atoms with Crippen LogP contribution in [0.4, 0.5) is 5.69 Å². The van der Waals surface area contributed by atoms with Crippen molar-refractivity contribution >= 4 is 39.9 Å². The molecule has 1 aliphatic rings. The van der Waals surface area contributed by atoms with Gasteiger partial charge in [0, 0.05) is 27.7 Å². The van der Waals surface area contributed by atoms with E-state index in [9.17, 15) is 0 Å². The molecule has 1 fully saturated rings. The van der Waals surface area contributed by atoms with Crippen molar-refractivity contribution in [3.8, 4) is 0 Å². The molecule has 4 heteroatoms. The summed E-state index contributed by atoms with van der Waals surface area (Å²) in [5.74, 6) is 0. The number of hydrogen-bond acceptors (Lipinski definition) is 2. The van der Waals surface area contributed by atoms with Gasteiger partial charge in [0.1, 0.15) is 0 Å². The van der Waals surface area contributed by atoms with Gasteiger partial charge in [-0.15, -0.1) is 0 Å². The monoisotopic (exact) mass is 350 g/mol. The Morgan fingerprint density at radius 1 is 1.50 bits per heavy atom.